The Morgan fingerprint density at radius 2 is 1.40 bits per heavy atom. The van der Waals surface area contributed by atoms with Gasteiger partial charge in [-0.05, 0) is 75.2 Å². The van der Waals surface area contributed by atoms with Gasteiger partial charge in [0.05, 0.1) is 17.2 Å². The highest BCUT2D eigenvalue weighted by Gasteiger charge is 2.25. The lowest BCUT2D eigenvalue weighted by Gasteiger charge is -2.18. The summed E-state index contributed by atoms with van der Waals surface area (Å²) in [5.74, 6) is 0. The van der Waals surface area contributed by atoms with Crippen molar-refractivity contribution in [1.29, 1.82) is 5.26 Å². The molecule has 0 spiro atoms. The zero-order valence-corrected chi connectivity index (χ0v) is 24.7. The fourth-order valence-electron chi connectivity index (χ4n) is 6.53. The number of fused-ring (bicyclic) bond motifs is 6. The quantitative estimate of drug-likeness (QED) is 0.164. The normalized spacial score (nSPS) is 12.0. The molecule has 0 bridgehead atoms. The fraction of sp³-hybridized carbons (Fsp3) is 0.179. The number of pyridine rings is 1. The molecular formula is C39H33N2O+. The van der Waals surface area contributed by atoms with Crippen molar-refractivity contribution in [3.63, 3.8) is 0 Å². The van der Waals surface area contributed by atoms with Gasteiger partial charge in [0.25, 0.3) is 0 Å². The van der Waals surface area contributed by atoms with Crippen LogP contribution in [0.25, 0.3) is 65.9 Å². The zero-order valence-electron chi connectivity index (χ0n) is 24.7. The van der Waals surface area contributed by atoms with Crippen LogP contribution in [0.1, 0.15) is 37.5 Å². The van der Waals surface area contributed by atoms with Crippen LogP contribution in [0, 0.1) is 23.7 Å². The van der Waals surface area contributed by atoms with E-state index in [1.165, 1.54) is 16.3 Å². The number of aromatic nitrogens is 1. The third-order valence-corrected chi connectivity index (χ3v) is 8.38. The van der Waals surface area contributed by atoms with E-state index in [4.69, 9.17) is 4.42 Å². The Morgan fingerprint density at radius 1 is 0.738 bits per heavy atom. The minimum Gasteiger partial charge on any atom is -0.454 e. The monoisotopic (exact) mass is 545 g/mol. The summed E-state index contributed by atoms with van der Waals surface area (Å²) < 4.78 is 9.12. The topological polar surface area (TPSA) is 40.8 Å². The van der Waals surface area contributed by atoms with Gasteiger partial charge in [0.1, 0.15) is 18.2 Å². The van der Waals surface area contributed by atoms with Crippen LogP contribution in [-0.2, 0) is 13.5 Å². The van der Waals surface area contributed by atoms with Gasteiger partial charge in [-0.3, -0.25) is 0 Å². The number of aryl methyl sites for hydroxylation is 2. The first-order chi connectivity index (χ1) is 20.2. The third-order valence-electron chi connectivity index (χ3n) is 8.38. The molecule has 0 aliphatic carbocycles. The summed E-state index contributed by atoms with van der Waals surface area (Å²) in [6.07, 6.45) is 3.14. The lowest BCUT2D eigenvalue weighted by atomic mass is 9.87. The molecule has 5 aromatic carbocycles. The molecule has 42 heavy (non-hydrogen) atoms. The minimum absolute atomic E-state index is 0.183. The summed E-state index contributed by atoms with van der Waals surface area (Å²) in [6, 6.07) is 34.4. The lowest BCUT2D eigenvalue weighted by molar-refractivity contribution is -0.660. The van der Waals surface area contributed by atoms with Crippen molar-refractivity contribution in [3.8, 4) is 28.5 Å². The first-order valence-corrected chi connectivity index (χ1v) is 14.5. The van der Waals surface area contributed by atoms with E-state index in [2.05, 4.69) is 130 Å². The maximum absolute atomic E-state index is 10.3. The van der Waals surface area contributed by atoms with Crippen molar-refractivity contribution >= 4 is 43.5 Å². The van der Waals surface area contributed by atoms with Crippen LogP contribution < -0.4 is 4.57 Å². The SMILES string of the molecule is Cc1ccc2c(oc3c(-c4cc5ccccc5c5ccccc45)c(C#N)ccc32)c1-c1cc(CC(C)(C)C)cc[n+]1C. The second-order valence-corrected chi connectivity index (χ2v) is 12.7. The second kappa shape index (κ2) is 9.57. The molecule has 0 N–H and O–H groups in total. The largest absolute Gasteiger partial charge is 0.454 e. The highest BCUT2D eigenvalue weighted by molar-refractivity contribution is 6.19. The Labute approximate surface area is 246 Å². The van der Waals surface area contributed by atoms with Gasteiger partial charge in [-0.15, -0.1) is 0 Å². The molecule has 0 radical (unpaired) electrons. The maximum Gasteiger partial charge on any atom is 0.216 e. The van der Waals surface area contributed by atoms with E-state index >= 15 is 0 Å². The molecule has 0 unspecified atom stereocenters. The van der Waals surface area contributed by atoms with Crippen LogP contribution in [0.4, 0.5) is 0 Å². The maximum atomic E-state index is 10.3. The van der Waals surface area contributed by atoms with E-state index in [-0.39, 0.29) is 5.41 Å². The van der Waals surface area contributed by atoms with E-state index in [0.717, 1.165) is 67.1 Å². The average molecular weight is 546 g/mol. The summed E-state index contributed by atoms with van der Waals surface area (Å²) >= 11 is 0. The molecule has 2 heterocycles. The molecule has 0 atom stereocenters. The summed E-state index contributed by atoms with van der Waals surface area (Å²) in [4.78, 5) is 0. The Kier molecular flexibility index (Phi) is 5.92. The van der Waals surface area contributed by atoms with Crippen molar-refractivity contribution in [2.45, 2.75) is 34.1 Å². The van der Waals surface area contributed by atoms with Gasteiger partial charge in [-0.25, -0.2) is 4.57 Å². The van der Waals surface area contributed by atoms with Crippen molar-refractivity contribution in [2.75, 3.05) is 0 Å². The number of benzene rings is 5. The molecule has 204 valence electrons. The fourth-order valence-corrected chi connectivity index (χ4v) is 6.53. The second-order valence-electron chi connectivity index (χ2n) is 12.7. The minimum atomic E-state index is 0.183. The van der Waals surface area contributed by atoms with Gasteiger partial charge in [-0.2, -0.15) is 5.26 Å². The van der Waals surface area contributed by atoms with Crippen LogP contribution >= 0.6 is 0 Å². The van der Waals surface area contributed by atoms with Crippen molar-refractivity contribution < 1.29 is 8.98 Å². The van der Waals surface area contributed by atoms with Crippen molar-refractivity contribution in [1.82, 2.24) is 0 Å². The predicted octanol–water partition coefficient (Wildman–Crippen LogP) is 9.82. The number of hydrogen-bond acceptors (Lipinski definition) is 2. The Morgan fingerprint density at radius 3 is 2.14 bits per heavy atom. The summed E-state index contributed by atoms with van der Waals surface area (Å²) in [5.41, 5.74) is 8.94. The van der Waals surface area contributed by atoms with Gasteiger partial charge >= 0.3 is 0 Å². The molecule has 0 fully saturated rings. The highest BCUT2D eigenvalue weighted by Crippen LogP contribution is 2.44. The van der Waals surface area contributed by atoms with Crippen molar-refractivity contribution in [3.05, 3.63) is 114 Å². The molecular weight excluding hydrogens is 512 g/mol. The smallest absolute Gasteiger partial charge is 0.216 e. The van der Waals surface area contributed by atoms with Crippen molar-refractivity contribution in [2.24, 2.45) is 12.5 Å². The van der Waals surface area contributed by atoms with E-state index < -0.39 is 0 Å². The predicted molar refractivity (Wildman–Crippen MR) is 173 cm³/mol. The summed E-state index contributed by atoms with van der Waals surface area (Å²) in [7, 11) is 2.09. The first kappa shape index (κ1) is 26.0. The van der Waals surface area contributed by atoms with Crippen LogP contribution in [0.3, 0.4) is 0 Å². The molecule has 0 aliphatic heterocycles. The summed E-state index contributed by atoms with van der Waals surface area (Å²) in [5, 5.41) is 17.0. The number of nitrogens with zero attached hydrogens (tertiary/aromatic N) is 2. The molecule has 0 aliphatic rings. The molecule has 7 rings (SSSR count). The Hall–Kier alpha value is -4.94. The zero-order chi connectivity index (χ0) is 29.2. The van der Waals surface area contributed by atoms with Gasteiger partial charge in [0, 0.05) is 28.5 Å². The van der Waals surface area contributed by atoms with Gasteiger partial charge < -0.3 is 4.42 Å². The molecule has 0 saturated carbocycles. The average Bonchev–Trinajstić information content (AvgIpc) is 3.35. The van der Waals surface area contributed by atoms with Gasteiger partial charge in [-0.1, -0.05) is 81.4 Å². The van der Waals surface area contributed by atoms with E-state index in [0.29, 0.717) is 5.56 Å². The molecule has 7 aromatic rings. The Bertz CT molecular complexity index is 2240. The number of furan rings is 1. The van der Waals surface area contributed by atoms with E-state index in [1.54, 1.807) is 0 Å². The lowest BCUT2D eigenvalue weighted by Crippen LogP contribution is -2.31. The number of hydrogen-bond donors (Lipinski definition) is 0. The van der Waals surface area contributed by atoms with Crippen LogP contribution in [0.15, 0.2) is 102 Å². The third kappa shape index (κ3) is 4.14. The molecule has 2 aromatic heterocycles. The molecule has 0 amide bonds. The molecule has 0 saturated heterocycles. The molecule has 3 nitrogen and oxygen atoms in total. The number of rotatable bonds is 3. The first-order valence-electron chi connectivity index (χ1n) is 14.5. The van der Waals surface area contributed by atoms with Crippen LogP contribution in [-0.4, -0.2) is 0 Å². The van der Waals surface area contributed by atoms with E-state index in [1.807, 2.05) is 12.1 Å². The van der Waals surface area contributed by atoms with Gasteiger partial charge in [0.2, 0.25) is 5.69 Å². The van der Waals surface area contributed by atoms with Gasteiger partial charge in [0.15, 0.2) is 6.20 Å². The Balaban J connectivity index is 1.57. The number of nitriles is 1. The van der Waals surface area contributed by atoms with Crippen LogP contribution in [0.5, 0.6) is 0 Å². The highest BCUT2D eigenvalue weighted by atomic mass is 16.3. The standard InChI is InChI=1S/C39H33N2O/c1-24-14-16-31-32-17-15-27(23-40)36(33-21-26-10-6-7-11-28(26)29-12-8-9-13-30(29)33)38(32)42-37(31)35(24)34-20-25(18-19-41(34)5)22-39(2,3)4/h6-21H,22H2,1-5H3/q+1. The molecule has 3 heteroatoms. The van der Waals surface area contributed by atoms with E-state index in [9.17, 15) is 5.26 Å². The van der Waals surface area contributed by atoms with Crippen LogP contribution in [0.2, 0.25) is 0 Å². The summed E-state index contributed by atoms with van der Waals surface area (Å²) in [6.45, 7) is 8.97.